The van der Waals surface area contributed by atoms with Gasteiger partial charge in [0, 0.05) is 36.8 Å². The number of phenols is 1. The van der Waals surface area contributed by atoms with E-state index in [1.165, 1.54) is 44.9 Å². The van der Waals surface area contributed by atoms with Crippen molar-refractivity contribution < 1.29 is 29.2 Å². The lowest BCUT2D eigenvalue weighted by molar-refractivity contribution is -0.143. The Morgan fingerprint density at radius 1 is 1.10 bits per heavy atom. The number of nitrogens with zero attached hydrogens (tertiary/aromatic N) is 2. The third-order valence-corrected chi connectivity index (χ3v) is 8.73. The van der Waals surface area contributed by atoms with Crippen LogP contribution in [0.5, 0.6) is 11.5 Å². The van der Waals surface area contributed by atoms with Gasteiger partial charge in [-0.1, -0.05) is 38.5 Å². The van der Waals surface area contributed by atoms with Gasteiger partial charge in [0.05, 0.1) is 26.9 Å². The average Bonchev–Trinajstić information content (AvgIpc) is 3.17. The van der Waals surface area contributed by atoms with Crippen molar-refractivity contribution in [1.29, 1.82) is 0 Å². The van der Waals surface area contributed by atoms with E-state index in [2.05, 4.69) is 15.5 Å². The van der Waals surface area contributed by atoms with E-state index in [1.807, 2.05) is 13.0 Å². The number of anilines is 1. The number of carbonyl (C=O) groups is 1. The number of aromatic nitrogens is 2. The van der Waals surface area contributed by atoms with E-state index in [1.54, 1.807) is 13.2 Å². The van der Waals surface area contributed by atoms with Crippen molar-refractivity contribution in [1.82, 2.24) is 10.2 Å². The Kier molecular flexibility index (Phi) is 12.7. The number of fused-ring (bicyclic) bond motifs is 3. The van der Waals surface area contributed by atoms with Crippen LogP contribution in [0.1, 0.15) is 101 Å². The SMILES string of the molecule is CCOC(=O)CCCCC1CCCC[C@@H](CCCNc2nnc3c(c2CO)CCCOCc2cc(OC)cc(O)c2-3)C1. The molecule has 0 amide bonds. The van der Waals surface area contributed by atoms with Gasteiger partial charge in [0.2, 0.25) is 0 Å². The molecule has 1 aliphatic heterocycles. The summed E-state index contributed by atoms with van der Waals surface area (Å²) in [6.07, 6.45) is 13.9. The molecule has 42 heavy (non-hydrogen) atoms. The number of hydrogen-bond acceptors (Lipinski definition) is 9. The molecule has 2 aliphatic rings. The number of aromatic hydroxyl groups is 1. The number of benzene rings is 1. The Morgan fingerprint density at radius 2 is 1.88 bits per heavy atom. The first-order valence-corrected chi connectivity index (χ1v) is 15.9. The number of unbranched alkanes of at least 4 members (excludes halogenated alkanes) is 1. The number of methoxy groups -OCH3 is 1. The van der Waals surface area contributed by atoms with E-state index in [4.69, 9.17) is 14.2 Å². The van der Waals surface area contributed by atoms with Gasteiger partial charge < -0.3 is 29.7 Å². The van der Waals surface area contributed by atoms with Crippen LogP contribution in [0.25, 0.3) is 11.3 Å². The van der Waals surface area contributed by atoms with Crippen LogP contribution < -0.4 is 10.1 Å². The molecule has 0 spiro atoms. The fourth-order valence-electron chi connectivity index (χ4n) is 6.61. The number of aliphatic hydroxyl groups is 1. The molecule has 1 aliphatic carbocycles. The van der Waals surface area contributed by atoms with E-state index < -0.39 is 0 Å². The number of esters is 1. The minimum atomic E-state index is -0.159. The van der Waals surface area contributed by atoms with E-state index in [9.17, 15) is 15.0 Å². The number of hydrogen-bond donors (Lipinski definition) is 3. The summed E-state index contributed by atoms with van der Waals surface area (Å²) >= 11 is 0. The molecule has 0 bridgehead atoms. The zero-order chi connectivity index (χ0) is 29.7. The summed E-state index contributed by atoms with van der Waals surface area (Å²) in [7, 11) is 1.57. The quantitative estimate of drug-likeness (QED) is 0.141. The molecule has 3 N–H and O–H groups in total. The monoisotopic (exact) mass is 583 g/mol. The van der Waals surface area contributed by atoms with Crippen molar-refractivity contribution in [2.75, 3.05) is 32.2 Å². The Bertz CT molecular complexity index is 1160. The van der Waals surface area contributed by atoms with Crippen LogP contribution in [0.2, 0.25) is 0 Å². The minimum Gasteiger partial charge on any atom is -0.507 e. The molecular weight excluding hydrogens is 534 g/mol. The molecule has 9 heteroatoms. The van der Waals surface area contributed by atoms with Crippen molar-refractivity contribution in [3.05, 3.63) is 28.8 Å². The fourth-order valence-corrected chi connectivity index (χ4v) is 6.61. The summed E-state index contributed by atoms with van der Waals surface area (Å²) in [5, 5.41) is 33.8. The maximum absolute atomic E-state index is 11.6. The lowest BCUT2D eigenvalue weighted by atomic mass is 9.87. The molecule has 0 saturated heterocycles. The second-order valence-corrected chi connectivity index (χ2v) is 11.7. The highest BCUT2D eigenvalue weighted by Crippen LogP contribution is 2.40. The number of ether oxygens (including phenoxy) is 3. The third-order valence-electron chi connectivity index (χ3n) is 8.73. The summed E-state index contributed by atoms with van der Waals surface area (Å²) in [5.74, 6) is 2.64. The van der Waals surface area contributed by atoms with E-state index in [0.29, 0.717) is 55.5 Å². The summed E-state index contributed by atoms with van der Waals surface area (Å²) in [4.78, 5) is 11.6. The van der Waals surface area contributed by atoms with Crippen LogP contribution in [0.4, 0.5) is 5.82 Å². The van der Waals surface area contributed by atoms with Gasteiger partial charge in [0.1, 0.15) is 17.2 Å². The van der Waals surface area contributed by atoms with Gasteiger partial charge in [0.15, 0.2) is 5.82 Å². The van der Waals surface area contributed by atoms with Crippen LogP contribution in [0.15, 0.2) is 12.1 Å². The maximum atomic E-state index is 11.6. The van der Waals surface area contributed by atoms with Gasteiger partial charge in [-0.15, -0.1) is 10.2 Å². The first-order chi connectivity index (χ1) is 20.5. The maximum Gasteiger partial charge on any atom is 0.305 e. The topological polar surface area (TPSA) is 123 Å². The third kappa shape index (κ3) is 8.80. The average molecular weight is 584 g/mol. The largest absolute Gasteiger partial charge is 0.507 e. The van der Waals surface area contributed by atoms with Gasteiger partial charge in [-0.2, -0.15) is 0 Å². The van der Waals surface area contributed by atoms with Crippen LogP contribution in [0.3, 0.4) is 0 Å². The smallest absolute Gasteiger partial charge is 0.305 e. The standard InChI is InChI=1S/C33H49N3O6/c1-3-42-30(39)15-7-6-12-23-10-4-5-11-24(18-23)13-8-16-34-33-28(21-37)27-14-9-17-41-22-25-19-26(40-2)20-29(38)31(25)32(27)35-36-33/h19-20,23-24,37-38H,3-18,21-22H2,1-2H3,(H,34,36)/t23?,24-/m0/s1. The number of carbonyl (C=O) groups excluding carboxylic acids is 1. The molecule has 1 unspecified atom stereocenters. The molecule has 2 aromatic rings. The molecule has 2 atom stereocenters. The number of aliphatic hydroxyl groups excluding tert-OH is 1. The van der Waals surface area contributed by atoms with E-state index in [0.717, 1.165) is 60.8 Å². The van der Waals surface area contributed by atoms with Gasteiger partial charge >= 0.3 is 5.97 Å². The van der Waals surface area contributed by atoms with Gasteiger partial charge in [-0.25, -0.2) is 0 Å². The zero-order valence-corrected chi connectivity index (χ0v) is 25.5. The zero-order valence-electron chi connectivity index (χ0n) is 25.5. The molecule has 2 heterocycles. The van der Waals surface area contributed by atoms with Gasteiger partial charge in [-0.05, 0) is 74.5 Å². The van der Waals surface area contributed by atoms with Crippen LogP contribution in [-0.2, 0) is 33.9 Å². The highest BCUT2D eigenvalue weighted by molar-refractivity contribution is 5.76. The Balaban J connectivity index is 1.35. The van der Waals surface area contributed by atoms with Gasteiger partial charge in [0.25, 0.3) is 0 Å². The van der Waals surface area contributed by atoms with Gasteiger partial charge in [-0.3, -0.25) is 4.79 Å². The molecule has 4 rings (SSSR count). The van der Waals surface area contributed by atoms with Crippen molar-refractivity contribution in [2.24, 2.45) is 11.8 Å². The molecule has 1 saturated carbocycles. The summed E-state index contributed by atoms with van der Waals surface area (Å²) in [5.41, 5.74) is 3.61. The molecule has 1 aromatic heterocycles. The minimum absolute atomic E-state index is 0.0655. The predicted molar refractivity (Wildman–Crippen MR) is 162 cm³/mol. The fraction of sp³-hybridized carbons (Fsp3) is 0.667. The molecular formula is C33H49N3O6. The van der Waals surface area contributed by atoms with Crippen molar-refractivity contribution in [2.45, 2.75) is 104 Å². The highest BCUT2D eigenvalue weighted by atomic mass is 16.5. The van der Waals surface area contributed by atoms with Crippen LogP contribution >= 0.6 is 0 Å². The van der Waals surface area contributed by atoms with E-state index >= 15 is 0 Å². The van der Waals surface area contributed by atoms with Crippen molar-refractivity contribution >= 4 is 11.8 Å². The molecule has 1 fully saturated rings. The van der Waals surface area contributed by atoms with Crippen LogP contribution in [-0.4, -0.2) is 53.2 Å². The molecule has 9 nitrogen and oxygen atoms in total. The summed E-state index contributed by atoms with van der Waals surface area (Å²) < 4.78 is 16.3. The summed E-state index contributed by atoms with van der Waals surface area (Å²) in [6.45, 7) is 3.83. The second-order valence-electron chi connectivity index (χ2n) is 11.7. The Morgan fingerprint density at radius 3 is 2.62 bits per heavy atom. The predicted octanol–water partition coefficient (Wildman–Crippen LogP) is 6.33. The first kappa shape index (κ1) is 32.0. The number of rotatable bonds is 13. The first-order valence-electron chi connectivity index (χ1n) is 15.9. The van der Waals surface area contributed by atoms with Crippen molar-refractivity contribution in [3.63, 3.8) is 0 Å². The summed E-state index contributed by atoms with van der Waals surface area (Å²) in [6, 6.07) is 3.44. The number of phenolic OH excluding ortho intramolecular Hbond substituents is 1. The highest BCUT2D eigenvalue weighted by Gasteiger charge is 2.24. The lowest BCUT2D eigenvalue weighted by Gasteiger charge is -2.21. The molecule has 0 radical (unpaired) electrons. The van der Waals surface area contributed by atoms with E-state index in [-0.39, 0.29) is 18.3 Å². The lowest BCUT2D eigenvalue weighted by Crippen LogP contribution is -2.14. The van der Waals surface area contributed by atoms with Crippen LogP contribution in [0, 0.1) is 11.8 Å². The number of nitrogens with one attached hydrogen (secondary N) is 1. The molecule has 232 valence electrons. The Hall–Kier alpha value is -2.91. The van der Waals surface area contributed by atoms with Crippen molar-refractivity contribution in [3.8, 4) is 22.8 Å². The normalized spacial score (nSPS) is 18.9. The second kappa shape index (κ2) is 16.7. The molecule has 1 aromatic carbocycles. The Labute approximate surface area is 250 Å².